The number of aryl methyl sites for hydroxylation is 1. The van der Waals surface area contributed by atoms with Crippen molar-refractivity contribution >= 4 is 5.91 Å². The molecule has 3 heterocycles. The molecule has 0 aliphatic carbocycles. The lowest BCUT2D eigenvalue weighted by atomic mass is 9.95. The number of H-pyrrole nitrogens is 1. The number of carbonyl (C=O) groups is 1. The van der Waals surface area contributed by atoms with Crippen LogP contribution in [-0.4, -0.2) is 70.3 Å². The highest BCUT2D eigenvalue weighted by Crippen LogP contribution is 2.26. The van der Waals surface area contributed by atoms with Crippen LogP contribution in [0.1, 0.15) is 31.4 Å². The number of aromatic amines is 1. The average Bonchev–Trinajstić information content (AvgIpc) is 3.05. The van der Waals surface area contributed by atoms with E-state index in [1.54, 1.807) is 6.07 Å². The summed E-state index contributed by atoms with van der Waals surface area (Å²) in [6.45, 7) is 4.79. The van der Waals surface area contributed by atoms with Crippen molar-refractivity contribution in [2.75, 3.05) is 39.3 Å². The van der Waals surface area contributed by atoms with Crippen molar-refractivity contribution in [2.24, 2.45) is 11.8 Å². The Labute approximate surface area is 148 Å². The van der Waals surface area contributed by atoms with Gasteiger partial charge in [0.1, 0.15) is 0 Å². The number of amides is 1. The minimum atomic E-state index is -0.235. The number of nitrogens with zero attached hydrogens (tertiary/aromatic N) is 3. The Morgan fingerprint density at radius 1 is 1.20 bits per heavy atom. The molecule has 2 aliphatic heterocycles. The second kappa shape index (κ2) is 8.58. The molecule has 7 nitrogen and oxygen atoms in total. The number of piperidine rings is 1. The summed E-state index contributed by atoms with van der Waals surface area (Å²) in [6, 6.07) is 3.09. The molecular formula is C18H28N4O3. The van der Waals surface area contributed by atoms with Gasteiger partial charge in [0.05, 0.1) is 5.69 Å². The van der Waals surface area contributed by atoms with Crippen molar-refractivity contribution in [3.8, 4) is 0 Å². The quantitative estimate of drug-likeness (QED) is 0.769. The Morgan fingerprint density at radius 3 is 2.64 bits per heavy atom. The van der Waals surface area contributed by atoms with Gasteiger partial charge in [0.15, 0.2) is 0 Å². The molecule has 7 heteroatoms. The molecule has 0 unspecified atom stereocenters. The van der Waals surface area contributed by atoms with E-state index in [0.717, 1.165) is 31.9 Å². The fraction of sp³-hybridized carbons (Fsp3) is 0.722. The molecule has 138 valence electrons. The topological polar surface area (TPSA) is 89.5 Å². The predicted molar refractivity (Wildman–Crippen MR) is 94.1 cm³/mol. The van der Waals surface area contributed by atoms with Crippen LogP contribution < -0.4 is 5.56 Å². The second-order valence-corrected chi connectivity index (χ2v) is 7.28. The first-order valence-electron chi connectivity index (χ1n) is 9.31. The van der Waals surface area contributed by atoms with Crippen LogP contribution in [0.15, 0.2) is 16.9 Å². The zero-order chi connectivity index (χ0) is 17.6. The minimum Gasteiger partial charge on any atom is -0.396 e. The number of carbonyl (C=O) groups excluding carboxylic acids is 1. The molecule has 1 aromatic heterocycles. The van der Waals surface area contributed by atoms with Crippen LogP contribution in [0.4, 0.5) is 0 Å². The molecule has 2 fully saturated rings. The molecule has 0 aromatic carbocycles. The predicted octanol–water partition coefficient (Wildman–Crippen LogP) is 0.255. The van der Waals surface area contributed by atoms with Crippen LogP contribution in [0.3, 0.4) is 0 Å². The molecule has 0 spiro atoms. The van der Waals surface area contributed by atoms with Gasteiger partial charge in [-0.2, -0.15) is 5.10 Å². The van der Waals surface area contributed by atoms with E-state index in [4.69, 9.17) is 0 Å². The minimum absolute atomic E-state index is 0.104. The summed E-state index contributed by atoms with van der Waals surface area (Å²) in [7, 11) is 0. The van der Waals surface area contributed by atoms with Gasteiger partial charge in [-0.1, -0.05) is 6.42 Å². The Kier molecular flexibility index (Phi) is 6.20. The molecule has 0 bridgehead atoms. The second-order valence-electron chi connectivity index (χ2n) is 7.28. The first kappa shape index (κ1) is 18.1. The lowest BCUT2D eigenvalue weighted by Gasteiger charge is -2.30. The van der Waals surface area contributed by atoms with Gasteiger partial charge in [-0.25, -0.2) is 5.10 Å². The summed E-state index contributed by atoms with van der Waals surface area (Å²) in [4.78, 5) is 27.9. The van der Waals surface area contributed by atoms with Gasteiger partial charge in [0.25, 0.3) is 5.56 Å². The molecule has 2 atom stereocenters. The fourth-order valence-corrected chi connectivity index (χ4v) is 3.94. The average molecular weight is 348 g/mol. The van der Waals surface area contributed by atoms with Crippen molar-refractivity contribution in [1.29, 1.82) is 0 Å². The molecule has 1 aromatic rings. The van der Waals surface area contributed by atoms with Crippen LogP contribution in [0.25, 0.3) is 0 Å². The zero-order valence-electron chi connectivity index (χ0n) is 14.7. The summed E-state index contributed by atoms with van der Waals surface area (Å²) in [5, 5.41) is 16.0. The normalized spacial score (nSPS) is 24.6. The van der Waals surface area contributed by atoms with Crippen molar-refractivity contribution in [3.63, 3.8) is 0 Å². The Bertz CT molecular complexity index is 606. The van der Waals surface area contributed by atoms with Crippen molar-refractivity contribution in [3.05, 3.63) is 28.2 Å². The van der Waals surface area contributed by atoms with Crippen molar-refractivity contribution in [1.82, 2.24) is 20.0 Å². The first-order valence-corrected chi connectivity index (χ1v) is 9.31. The monoisotopic (exact) mass is 348 g/mol. The highest BCUT2D eigenvalue weighted by Gasteiger charge is 2.35. The third-order valence-corrected chi connectivity index (χ3v) is 5.44. The van der Waals surface area contributed by atoms with Crippen LogP contribution in [0.5, 0.6) is 0 Å². The molecule has 25 heavy (non-hydrogen) atoms. The molecular weight excluding hydrogens is 320 g/mol. The van der Waals surface area contributed by atoms with Gasteiger partial charge in [-0.15, -0.1) is 0 Å². The van der Waals surface area contributed by atoms with Gasteiger partial charge in [0.2, 0.25) is 5.91 Å². The summed E-state index contributed by atoms with van der Waals surface area (Å²) in [6.07, 6.45) is 4.73. The Hall–Kier alpha value is -1.73. The lowest BCUT2D eigenvalue weighted by molar-refractivity contribution is -0.130. The third-order valence-electron chi connectivity index (χ3n) is 5.44. The number of hydrogen-bond acceptors (Lipinski definition) is 5. The number of rotatable bonds is 6. The fourth-order valence-electron chi connectivity index (χ4n) is 3.94. The van der Waals surface area contributed by atoms with E-state index in [1.807, 2.05) is 4.90 Å². The van der Waals surface area contributed by atoms with Gasteiger partial charge in [-0.3, -0.25) is 9.59 Å². The van der Waals surface area contributed by atoms with Crippen molar-refractivity contribution in [2.45, 2.75) is 32.1 Å². The van der Waals surface area contributed by atoms with Gasteiger partial charge in [-0.05, 0) is 37.9 Å². The maximum absolute atomic E-state index is 12.5. The molecule has 1 amide bonds. The first-order chi connectivity index (χ1) is 12.2. The maximum atomic E-state index is 12.5. The van der Waals surface area contributed by atoms with E-state index in [2.05, 4.69) is 15.1 Å². The van der Waals surface area contributed by atoms with Crippen molar-refractivity contribution < 1.29 is 9.90 Å². The summed E-state index contributed by atoms with van der Waals surface area (Å²) >= 11 is 0. The van der Waals surface area contributed by atoms with Crippen LogP contribution in [-0.2, 0) is 11.2 Å². The number of aliphatic hydroxyl groups is 1. The van der Waals surface area contributed by atoms with Crippen LogP contribution in [0, 0.1) is 11.8 Å². The largest absolute Gasteiger partial charge is 0.396 e. The molecule has 2 aliphatic rings. The highest BCUT2D eigenvalue weighted by molar-refractivity contribution is 5.76. The van der Waals surface area contributed by atoms with E-state index in [0.29, 0.717) is 25.3 Å². The highest BCUT2D eigenvalue weighted by atomic mass is 16.3. The third kappa shape index (κ3) is 4.89. The lowest BCUT2D eigenvalue weighted by Crippen LogP contribution is -2.37. The molecule has 0 radical (unpaired) electrons. The van der Waals surface area contributed by atoms with Gasteiger partial charge >= 0.3 is 0 Å². The van der Waals surface area contributed by atoms with E-state index in [9.17, 15) is 14.7 Å². The van der Waals surface area contributed by atoms with E-state index < -0.39 is 0 Å². The van der Waals surface area contributed by atoms with Gasteiger partial charge in [0, 0.05) is 51.1 Å². The molecule has 3 rings (SSSR count). The van der Waals surface area contributed by atoms with Gasteiger partial charge < -0.3 is 14.9 Å². The summed E-state index contributed by atoms with van der Waals surface area (Å²) in [5.41, 5.74) is 0.483. The molecule has 0 saturated carbocycles. The zero-order valence-corrected chi connectivity index (χ0v) is 14.7. The maximum Gasteiger partial charge on any atom is 0.264 e. The smallest absolute Gasteiger partial charge is 0.264 e. The number of likely N-dealkylation sites (tertiary alicyclic amines) is 2. The Balaban J connectivity index is 1.50. The summed E-state index contributed by atoms with van der Waals surface area (Å²) < 4.78 is 0. The standard InChI is InChI=1S/C18H28N4O3/c23-13-15-12-22(11-14(15)10-21-8-2-1-3-9-21)18(25)7-5-16-4-6-17(24)20-19-16/h4,6,14-15,23H,1-3,5,7-13H2,(H,20,24)/t14-,15-/m0/s1. The van der Waals surface area contributed by atoms with Crippen LogP contribution in [0.2, 0.25) is 0 Å². The summed E-state index contributed by atoms with van der Waals surface area (Å²) in [5.74, 6) is 0.642. The number of hydrogen-bond donors (Lipinski definition) is 2. The van der Waals surface area contributed by atoms with E-state index >= 15 is 0 Å². The van der Waals surface area contributed by atoms with E-state index in [1.165, 1.54) is 25.3 Å². The van der Waals surface area contributed by atoms with E-state index in [-0.39, 0.29) is 24.0 Å². The number of nitrogens with one attached hydrogen (secondary N) is 1. The van der Waals surface area contributed by atoms with Crippen LogP contribution >= 0.6 is 0 Å². The Morgan fingerprint density at radius 2 is 1.96 bits per heavy atom. The molecule has 2 saturated heterocycles. The number of aromatic nitrogens is 2. The number of aliphatic hydroxyl groups excluding tert-OH is 1. The SMILES string of the molecule is O=C(CCc1ccc(=O)[nH]n1)N1C[C@@H](CO)[C@@H](CN2CCCCC2)C1. The molecule has 2 N–H and O–H groups in total.